The molecule has 8 heteroatoms. The van der Waals surface area contributed by atoms with Gasteiger partial charge in [0.15, 0.2) is 0 Å². The Kier molecular flexibility index (Phi) is 10.2. The van der Waals surface area contributed by atoms with Gasteiger partial charge < -0.3 is 9.47 Å². The maximum Gasteiger partial charge on any atom is 0.266 e. The molecule has 292 valence electrons. The van der Waals surface area contributed by atoms with Crippen LogP contribution in [0.2, 0.25) is 0 Å². The fourth-order valence-corrected chi connectivity index (χ4v) is 8.01. The van der Waals surface area contributed by atoms with E-state index in [0.29, 0.717) is 63.8 Å². The molecule has 5 aromatic rings. The van der Waals surface area contributed by atoms with Crippen molar-refractivity contribution in [2.75, 3.05) is 4.90 Å². The van der Waals surface area contributed by atoms with Gasteiger partial charge in [0.1, 0.15) is 23.0 Å². The van der Waals surface area contributed by atoms with Crippen molar-refractivity contribution in [2.45, 2.75) is 97.4 Å². The number of nitrogens with zero attached hydrogens (tertiary/aromatic N) is 2. The minimum Gasteiger partial charge on any atom is -0.457 e. The highest BCUT2D eigenvalue weighted by atomic mass is 16.5. The number of anilines is 1. The lowest BCUT2D eigenvalue weighted by molar-refractivity contribution is 0.0434. The maximum atomic E-state index is 13.5. The van der Waals surface area contributed by atoms with E-state index >= 15 is 0 Å². The second kappa shape index (κ2) is 14.8. The summed E-state index contributed by atoms with van der Waals surface area (Å²) in [5.74, 6) is 0.915. The number of fused-ring (bicyclic) bond motifs is 2. The lowest BCUT2D eigenvalue weighted by Crippen LogP contribution is -2.48. The Labute approximate surface area is 335 Å². The second-order valence-corrected chi connectivity index (χ2v) is 16.6. The molecule has 2 aliphatic heterocycles. The van der Waals surface area contributed by atoms with Crippen molar-refractivity contribution in [3.63, 3.8) is 0 Å². The maximum absolute atomic E-state index is 13.5. The van der Waals surface area contributed by atoms with Gasteiger partial charge in [-0.05, 0) is 121 Å². The number of imide groups is 2. The Hall–Kier alpha value is -6.02. The molecule has 0 radical (unpaired) electrons. The minimum absolute atomic E-state index is 0.00588. The lowest BCUT2D eigenvalue weighted by Gasteiger charge is -2.35. The van der Waals surface area contributed by atoms with E-state index in [1.807, 2.05) is 93.6 Å². The number of hydrogen-bond acceptors (Lipinski definition) is 6. The summed E-state index contributed by atoms with van der Waals surface area (Å²) in [5, 5.41) is 0. The molecule has 0 spiro atoms. The summed E-state index contributed by atoms with van der Waals surface area (Å²) in [6, 6.07) is 33.4. The van der Waals surface area contributed by atoms with E-state index in [9.17, 15) is 19.2 Å². The number of hydrogen-bond donors (Lipinski definition) is 0. The van der Waals surface area contributed by atoms with Crippen LogP contribution in [0.3, 0.4) is 0 Å². The smallest absolute Gasteiger partial charge is 0.266 e. The first kappa shape index (κ1) is 39.2. The average molecular weight is 763 g/mol. The minimum atomic E-state index is -0.542. The summed E-state index contributed by atoms with van der Waals surface area (Å²) in [7, 11) is 0. The van der Waals surface area contributed by atoms with Gasteiger partial charge in [-0.15, -0.1) is 0 Å². The second-order valence-electron chi connectivity index (χ2n) is 16.6. The molecule has 57 heavy (non-hydrogen) atoms. The molecule has 0 unspecified atom stereocenters. The summed E-state index contributed by atoms with van der Waals surface area (Å²) in [6.07, 6.45) is 3.46. The van der Waals surface area contributed by atoms with Gasteiger partial charge in [0, 0.05) is 11.0 Å². The Morgan fingerprint density at radius 1 is 0.474 bits per heavy atom. The number of carbonyl (C=O) groups is 4. The van der Waals surface area contributed by atoms with Crippen LogP contribution < -0.4 is 14.4 Å². The van der Waals surface area contributed by atoms with Gasteiger partial charge in [0.2, 0.25) is 0 Å². The zero-order valence-corrected chi connectivity index (χ0v) is 34.1. The van der Waals surface area contributed by atoms with Crippen LogP contribution in [0.25, 0.3) is 0 Å². The third-order valence-corrected chi connectivity index (χ3v) is 12.2. The predicted molar refractivity (Wildman–Crippen MR) is 223 cm³/mol. The monoisotopic (exact) mass is 762 g/mol. The Balaban J connectivity index is 1.01. The summed E-state index contributed by atoms with van der Waals surface area (Å²) >= 11 is 0. The van der Waals surface area contributed by atoms with Crippen LogP contribution in [-0.2, 0) is 10.8 Å². The van der Waals surface area contributed by atoms with Crippen molar-refractivity contribution in [3.05, 3.63) is 148 Å². The van der Waals surface area contributed by atoms with Crippen molar-refractivity contribution in [2.24, 2.45) is 0 Å². The molecule has 8 nitrogen and oxygen atoms in total. The van der Waals surface area contributed by atoms with Gasteiger partial charge in [-0.3, -0.25) is 24.1 Å². The average Bonchev–Trinajstić information content (AvgIpc) is 3.61. The Morgan fingerprint density at radius 2 is 0.877 bits per heavy atom. The molecule has 0 N–H and O–H groups in total. The third kappa shape index (κ3) is 7.02. The van der Waals surface area contributed by atoms with Crippen LogP contribution in [0.5, 0.6) is 23.0 Å². The SMILES string of the molecule is CCCC(C)(C)c1ccc(N2C(=O)c3ccc(Oc4ccc(C(C)(C)c5ccc(Oc6ccc7c(c6)C(=O)N(C(C)(CC)CC)C7=O)cc5)cc4)cc3C2=O)cc1. The first-order valence-corrected chi connectivity index (χ1v) is 19.8. The summed E-state index contributed by atoms with van der Waals surface area (Å²) < 4.78 is 12.3. The van der Waals surface area contributed by atoms with Crippen molar-refractivity contribution >= 4 is 29.3 Å². The normalized spacial score (nSPS) is 14.3. The van der Waals surface area contributed by atoms with Crippen LogP contribution in [0.1, 0.15) is 139 Å². The summed E-state index contributed by atoms with van der Waals surface area (Å²) in [5.41, 5.74) is 4.40. The fourth-order valence-electron chi connectivity index (χ4n) is 8.01. The van der Waals surface area contributed by atoms with Crippen LogP contribution in [0.4, 0.5) is 5.69 Å². The van der Waals surface area contributed by atoms with Crippen LogP contribution in [0, 0.1) is 0 Å². The van der Waals surface area contributed by atoms with E-state index in [0.717, 1.165) is 24.0 Å². The fraction of sp³-hybridized carbons (Fsp3) is 0.306. The van der Waals surface area contributed by atoms with Crippen molar-refractivity contribution in [1.29, 1.82) is 0 Å². The molecule has 0 bridgehead atoms. The molecular weight excluding hydrogens is 713 g/mol. The van der Waals surface area contributed by atoms with Crippen LogP contribution >= 0.6 is 0 Å². The molecule has 7 rings (SSSR count). The van der Waals surface area contributed by atoms with E-state index in [2.05, 4.69) is 34.6 Å². The summed E-state index contributed by atoms with van der Waals surface area (Å²) in [6.45, 7) is 16.8. The molecule has 0 saturated heterocycles. The largest absolute Gasteiger partial charge is 0.457 e. The van der Waals surface area contributed by atoms with E-state index in [4.69, 9.17) is 9.47 Å². The van der Waals surface area contributed by atoms with Gasteiger partial charge >= 0.3 is 0 Å². The predicted octanol–water partition coefficient (Wildman–Crippen LogP) is 11.7. The zero-order valence-electron chi connectivity index (χ0n) is 34.1. The number of carbonyl (C=O) groups excluding carboxylic acids is 4. The molecule has 0 atom stereocenters. The van der Waals surface area contributed by atoms with Crippen molar-refractivity contribution < 1.29 is 28.7 Å². The Morgan fingerprint density at radius 3 is 1.35 bits per heavy atom. The number of benzene rings is 5. The first-order valence-electron chi connectivity index (χ1n) is 19.8. The van der Waals surface area contributed by atoms with Gasteiger partial charge in [-0.1, -0.05) is 91.3 Å². The molecule has 4 amide bonds. The van der Waals surface area contributed by atoms with Gasteiger partial charge in [-0.25, -0.2) is 4.90 Å². The summed E-state index contributed by atoms with van der Waals surface area (Å²) in [4.78, 5) is 56.1. The molecule has 5 aromatic carbocycles. The number of amides is 4. The molecule has 0 fully saturated rings. The number of rotatable bonds is 13. The van der Waals surface area contributed by atoms with E-state index in [1.54, 1.807) is 36.4 Å². The van der Waals surface area contributed by atoms with E-state index in [1.165, 1.54) is 15.4 Å². The third-order valence-electron chi connectivity index (χ3n) is 12.2. The molecule has 0 aliphatic carbocycles. The highest BCUT2D eigenvalue weighted by Crippen LogP contribution is 2.39. The quantitative estimate of drug-likeness (QED) is 0.111. The molecule has 2 heterocycles. The zero-order chi connectivity index (χ0) is 40.9. The highest BCUT2D eigenvalue weighted by Gasteiger charge is 2.45. The first-order chi connectivity index (χ1) is 27.1. The van der Waals surface area contributed by atoms with E-state index < -0.39 is 5.54 Å². The van der Waals surface area contributed by atoms with Crippen molar-refractivity contribution in [3.8, 4) is 23.0 Å². The molecular formula is C49H50N2O6. The van der Waals surface area contributed by atoms with Crippen LogP contribution in [0.15, 0.2) is 109 Å². The Bertz CT molecular complexity index is 2370. The molecule has 0 saturated carbocycles. The van der Waals surface area contributed by atoms with E-state index in [-0.39, 0.29) is 34.5 Å². The van der Waals surface area contributed by atoms with Crippen LogP contribution in [-0.4, -0.2) is 34.1 Å². The van der Waals surface area contributed by atoms with Gasteiger partial charge in [-0.2, -0.15) is 0 Å². The standard InChI is InChI=1S/C49H50N2O6/c1-9-28-47(4,5)31-12-18-34(19-13-31)50-43(52)39-26-24-37(29-41(39)44(50)53)56-35-20-14-32(15-21-35)48(6,7)33-16-22-36(23-17-33)57-38-25-27-40-42(30-38)46(55)51(45(40)54)49(8,10-2)11-3/h12-27,29-30H,9-11,28H2,1-8H3. The highest BCUT2D eigenvalue weighted by molar-refractivity contribution is 6.34. The molecule has 2 aliphatic rings. The van der Waals surface area contributed by atoms with Gasteiger partial charge in [0.25, 0.3) is 23.6 Å². The number of ether oxygens (including phenoxy) is 2. The van der Waals surface area contributed by atoms with Gasteiger partial charge in [0.05, 0.1) is 27.9 Å². The lowest BCUT2D eigenvalue weighted by atomic mass is 9.78. The molecule has 0 aromatic heterocycles. The topological polar surface area (TPSA) is 93.2 Å². The van der Waals surface area contributed by atoms with Crippen molar-refractivity contribution in [1.82, 2.24) is 4.90 Å².